The van der Waals surface area contributed by atoms with Crippen LogP contribution in [0.3, 0.4) is 0 Å². The highest BCUT2D eigenvalue weighted by Gasteiger charge is 2.28. The molecule has 0 bridgehead atoms. The Morgan fingerprint density at radius 2 is 1.65 bits per heavy atom. The number of hydrogen-bond acceptors (Lipinski definition) is 6. The van der Waals surface area contributed by atoms with Crippen LogP contribution in [0.15, 0.2) is 59.5 Å². The van der Waals surface area contributed by atoms with E-state index in [1.165, 1.54) is 6.26 Å². The number of carbonyl (C=O) groups is 2. The highest BCUT2D eigenvalue weighted by Crippen LogP contribution is 2.23. The summed E-state index contributed by atoms with van der Waals surface area (Å²) in [4.78, 5) is 30.9. The molecule has 1 atom stereocenters. The van der Waals surface area contributed by atoms with Crippen LogP contribution < -0.4 is 10.6 Å². The van der Waals surface area contributed by atoms with Crippen molar-refractivity contribution in [3.63, 3.8) is 0 Å². The van der Waals surface area contributed by atoms with Crippen LogP contribution in [0.1, 0.15) is 56.2 Å². The molecule has 2 aromatic rings. The number of rotatable bonds is 11. The van der Waals surface area contributed by atoms with Gasteiger partial charge >= 0.3 is 0 Å². The number of carbonyl (C=O) groups excluding carboxylic acids is 2. The van der Waals surface area contributed by atoms with Gasteiger partial charge in [0.25, 0.3) is 0 Å². The van der Waals surface area contributed by atoms with Crippen molar-refractivity contribution in [3.05, 3.63) is 65.7 Å². The molecule has 2 N–H and O–H groups in total. The lowest BCUT2D eigenvalue weighted by Crippen LogP contribution is -2.48. The second-order valence-corrected chi connectivity index (χ2v) is 13.1. The zero-order chi connectivity index (χ0) is 28.5. The Morgan fingerprint density at radius 3 is 2.25 bits per heavy atom. The molecule has 2 fully saturated rings. The van der Waals surface area contributed by atoms with Crippen LogP contribution in [0.4, 0.5) is 0 Å². The summed E-state index contributed by atoms with van der Waals surface area (Å²) in [6, 6.07) is 17.1. The van der Waals surface area contributed by atoms with E-state index in [0.717, 1.165) is 76.0 Å². The van der Waals surface area contributed by atoms with Crippen LogP contribution in [0.25, 0.3) is 0 Å². The summed E-state index contributed by atoms with van der Waals surface area (Å²) in [7, 11) is -3.25. The third-order valence-corrected chi connectivity index (χ3v) is 9.46. The summed E-state index contributed by atoms with van der Waals surface area (Å²) in [6.45, 7) is 7.20. The van der Waals surface area contributed by atoms with Gasteiger partial charge in [-0.05, 0) is 75.4 Å². The molecule has 0 aliphatic carbocycles. The fraction of sp³-hybridized carbons (Fsp3) is 0.548. The third-order valence-electron chi connectivity index (χ3n) is 8.33. The molecule has 1 unspecified atom stereocenters. The minimum Gasteiger partial charge on any atom is -0.349 e. The molecule has 8 nitrogen and oxygen atoms in total. The van der Waals surface area contributed by atoms with Gasteiger partial charge in [-0.15, -0.1) is 0 Å². The first-order chi connectivity index (χ1) is 19.2. The van der Waals surface area contributed by atoms with Gasteiger partial charge in [0.2, 0.25) is 11.8 Å². The normalized spacial score (nSPS) is 18.2. The molecule has 0 radical (unpaired) electrons. The fourth-order valence-electron chi connectivity index (χ4n) is 5.92. The lowest BCUT2D eigenvalue weighted by molar-refractivity contribution is -0.133. The van der Waals surface area contributed by atoms with E-state index >= 15 is 0 Å². The Balaban J connectivity index is 1.28. The Morgan fingerprint density at radius 1 is 1.00 bits per heavy atom. The van der Waals surface area contributed by atoms with Crippen LogP contribution >= 0.6 is 0 Å². The monoisotopic (exact) mass is 568 g/mol. The van der Waals surface area contributed by atoms with Gasteiger partial charge in [0, 0.05) is 44.4 Å². The summed E-state index contributed by atoms with van der Waals surface area (Å²) < 4.78 is 23.4. The van der Waals surface area contributed by atoms with E-state index in [-0.39, 0.29) is 41.1 Å². The predicted octanol–water partition coefficient (Wildman–Crippen LogP) is 3.19. The van der Waals surface area contributed by atoms with Crippen molar-refractivity contribution < 1.29 is 18.0 Å². The molecule has 0 spiro atoms. The van der Waals surface area contributed by atoms with Crippen LogP contribution in [0.5, 0.6) is 0 Å². The molecule has 2 saturated heterocycles. The molecule has 2 amide bonds. The SMILES string of the molecule is CCN(C(=O)Cc1ccc(S(C)(=O)=O)cc1)C1CCN(CCC(NC(=O)C2CCNCC2)c2ccccc2)CC1. The largest absolute Gasteiger partial charge is 0.349 e. The van der Waals surface area contributed by atoms with Crippen LogP contribution in [-0.2, 0) is 25.8 Å². The maximum Gasteiger partial charge on any atom is 0.227 e. The van der Waals surface area contributed by atoms with Crippen LogP contribution in [-0.4, -0.2) is 81.6 Å². The molecule has 2 aromatic carbocycles. The number of hydrogen-bond donors (Lipinski definition) is 2. The second-order valence-electron chi connectivity index (χ2n) is 11.1. The number of piperidine rings is 2. The number of likely N-dealkylation sites (tertiary alicyclic amines) is 1. The zero-order valence-electron chi connectivity index (χ0n) is 23.8. The van der Waals surface area contributed by atoms with Gasteiger partial charge in [0.15, 0.2) is 9.84 Å². The van der Waals surface area contributed by atoms with Gasteiger partial charge in [-0.3, -0.25) is 9.59 Å². The maximum atomic E-state index is 13.2. The second kappa shape index (κ2) is 14.2. The average molecular weight is 569 g/mol. The number of nitrogens with zero attached hydrogens (tertiary/aromatic N) is 2. The third kappa shape index (κ3) is 8.38. The van der Waals surface area contributed by atoms with Gasteiger partial charge in [-0.1, -0.05) is 42.5 Å². The van der Waals surface area contributed by atoms with E-state index < -0.39 is 9.84 Å². The van der Waals surface area contributed by atoms with Crippen molar-refractivity contribution in [2.75, 3.05) is 45.5 Å². The first-order valence-electron chi connectivity index (χ1n) is 14.6. The molecule has 40 heavy (non-hydrogen) atoms. The van der Waals surface area contributed by atoms with Gasteiger partial charge in [0.05, 0.1) is 17.4 Å². The average Bonchev–Trinajstić information content (AvgIpc) is 2.97. The topological polar surface area (TPSA) is 98.8 Å². The van der Waals surface area contributed by atoms with Crippen molar-refractivity contribution in [3.8, 4) is 0 Å². The summed E-state index contributed by atoms with van der Waals surface area (Å²) in [5.41, 5.74) is 1.97. The number of benzene rings is 2. The van der Waals surface area contributed by atoms with E-state index in [1.807, 2.05) is 30.0 Å². The quantitative estimate of drug-likeness (QED) is 0.432. The van der Waals surface area contributed by atoms with E-state index in [2.05, 4.69) is 27.7 Å². The van der Waals surface area contributed by atoms with E-state index in [9.17, 15) is 18.0 Å². The smallest absolute Gasteiger partial charge is 0.227 e. The Hall–Kier alpha value is -2.75. The van der Waals surface area contributed by atoms with Crippen molar-refractivity contribution in [2.45, 2.75) is 62.4 Å². The predicted molar refractivity (Wildman–Crippen MR) is 158 cm³/mol. The van der Waals surface area contributed by atoms with Crippen molar-refractivity contribution >= 4 is 21.7 Å². The van der Waals surface area contributed by atoms with Gasteiger partial charge in [0.1, 0.15) is 0 Å². The standard InChI is InChI=1S/C31H44N4O4S/c1-3-35(30(36)23-24-9-11-28(12-10-24)40(2,38)39)27-15-20-34(21-16-27)22-17-29(25-7-5-4-6-8-25)33-31(37)26-13-18-32-19-14-26/h4-12,26-27,29,32H,3,13-23H2,1-2H3,(H,33,37). The molecular formula is C31H44N4O4S. The molecule has 218 valence electrons. The van der Waals surface area contributed by atoms with Gasteiger partial charge in [-0.2, -0.15) is 0 Å². The van der Waals surface area contributed by atoms with E-state index in [0.29, 0.717) is 6.54 Å². The summed E-state index contributed by atoms with van der Waals surface area (Å²) in [5, 5.41) is 6.68. The minimum atomic E-state index is -3.25. The zero-order valence-corrected chi connectivity index (χ0v) is 24.7. The number of amides is 2. The first kappa shape index (κ1) is 30.2. The van der Waals surface area contributed by atoms with Gasteiger partial charge < -0.3 is 20.4 Å². The number of sulfone groups is 1. The molecule has 2 heterocycles. The molecule has 2 aliphatic heterocycles. The van der Waals surface area contributed by atoms with E-state index in [4.69, 9.17) is 0 Å². The van der Waals surface area contributed by atoms with Crippen molar-refractivity contribution in [1.82, 2.24) is 20.4 Å². The maximum absolute atomic E-state index is 13.2. The molecule has 2 aliphatic rings. The molecule has 9 heteroatoms. The molecule has 0 saturated carbocycles. The summed E-state index contributed by atoms with van der Waals surface area (Å²) in [6.07, 6.45) is 5.93. The fourth-order valence-corrected chi connectivity index (χ4v) is 6.55. The summed E-state index contributed by atoms with van der Waals surface area (Å²) in [5.74, 6) is 0.327. The van der Waals surface area contributed by atoms with Crippen molar-refractivity contribution in [1.29, 1.82) is 0 Å². The first-order valence-corrected chi connectivity index (χ1v) is 16.5. The number of nitrogens with one attached hydrogen (secondary N) is 2. The highest BCUT2D eigenvalue weighted by molar-refractivity contribution is 7.90. The lowest BCUT2D eigenvalue weighted by atomic mass is 9.95. The van der Waals surface area contributed by atoms with Crippen molar-refractivity contribution in [2.24, 2.45) is 5.92 Å². The Kier molecular flexibility index (Phi) is 10.8. The lowest BCUT2D eigenvalue weighted by Gasteiger charge is -2.38. The van der Waals surface area contributed by atoms with Gasteiger partial charge in [-0.25, -0.2) is 8.42 Å². The van der Waals surface area contributed by atoms with E-state index in [1.54, 1.807) is 24.3 Å². The molecular weight excluding hydrogens is 524 g/mol. The molecule has 4 rings (SSSR count). The van der Waals surface area contributed by atoms with Crippen LogP contribution in [0.2, 0.25) is 0 Å². The molecule has 0 aromatic heterocycles. The highest BCUT2D eigenvalue weighted by atomic mass is 32.2. The Labute approximate surface area is 239 Å². The number of likely N-dealkylation sites (N-methyl/N-ethyl adjacent to an activating group) is 1. The minimum absolute atomic E-state index is 0.0101. The summed E-state index contributed by atoms with van der Waals surface area (Å²) >= 11 is 0. The van der Waals surface area contributed by atoms with Crippen LogP contribution in [0, 0.1) is 5.92 Å². The Bertz CT molecular complexity index is 1210.